The molecule has 0 aromatic heterocycles. The summed E-state index contributed by atoms with van der Waals surface area (Å²) in [5, 5.41) is 5.03. The van der Waals surface area contributed by atoms with Gasteiger partial charge in [-0.15, -0.1) is 0 Å². The van der Waals surface area contributed by atoms with Gasteiger partial charge in [-0.2, -0.15) is 0 Å². The van der Waals surface area contributed by atoms with E-state index in [1.165, 1.54) is 0 Å². The number of carbonyl (C=O) groups excluding carboxylic acids is 2. The van der Waals surface area contributed by atoms with Crippen LogP contribution in [0, 0.1) is 3.57 Å². The van der Waals surface area contributed by atoms with Gasteiger partial charge >= 0.3 is 11.8 Å². The van der Waals surface area contributed by atoms with E-state index in [-0.39, 0.29) is 0 Å². The first-order valence-corrected chi connectivity index (χ1v) is 6.06. The molecule has 5 heteroatoms. The number of rotatable bonds is 3. The highest BCUT2D eigenvalue weighted by atomic mass is 127. The molecule has 1 aromatic carbocycles. The molecule has 86 valence electrons. The lowest BCUT2D eigenvalue weighted by Crippen LogP contribution is -2.35. The van der Waals surface area contributed by atoms with Crippen molar-refractivity contribution in [3.05, 3.63) is 27.8 Å². The zero-order valence-corrected chi connectivity index (χ0v) is 11.1. The summed E-state index contributed by atoms with van der Waals surface area (Å²) >= 11 is 2.17. The first-order chi connectivity index (χ1) is 7.63. The maximum absolute atomic E-state index is 11.4. The number of hydrogen-bond donors (Lipinski definition) is 2. The third-order valence-corrected chi connectivity index (χ3v) is 2.56. The Morgan fingerprint density at radius 3 is 2.38 bits per heavy atom. The third kappa shape index (κ3) is 4.18. The van der Waals surface area contributed by atoms with Crippen LogP contribution in [0.4, 0.5) is 5.69 Å². The van der Waals surface area contributed by atoms with Crippen molar-refractivity contribution >= 4 is 40.1 Å². The molecule has 0 unspecified atom stereocenters. The van der Waals surface area contributed by atoms with Gasteiger partial charge in [-0.25, -0.2) is 0 Å². The van der Waals surface area contributed by atoms with E-state index in [2.05, 4.69) is 33.2 Å². The highest BCUT2D eigenvalue weighted by Crippen LogP contribution is 2.10. The molecule has 0 fully saturated rings. The molecule has 0 radical (unpaired) electrons. The smallest absolute Gasteiger partial charge is 0.313 e. The van der Waals surface area contributed by atoms with Crippen molar-refractivity contribution in [2.24, 2.45) is 0 Å². The minimum Gasteiger partial charge on any atom is -0.348 e. The molecule has 2 amide bonds. The topological polar surface area (TPSA) is 58.2 Å². The number of amides is 2. The number of benzene rings is 1. The Labute approximate surface area is 108 Å². The summed E-state index contributed by atoms with van der Waals surface area (Å²) in [6, 6.07) is 7.24. The quantitative estimate of drug-likeness (QED) is 0.655. The molecule has 0 aliphatic heterocycles. The van der Waals surface area contributed by atoms with Crippen LogP contribution in [0.2, 0.25) is 0 Å². The summed E-state index contributed by atoms with van der Waals surface area (Å²) in [7, 11) is 0. The van der Waals surface area contributed by atoms with Gasteiger partial charge in [-0.1, -0.05) is 6.92 Å². The van der Waals surface area contributed by atoms with Gasteiger partial charge in [0, 0.05) is 15.8 Å². The summed E-state index contributed by atoms with van der Waals surface area (Å²) in [5.41, 5.74) is 0.622. The van der Waals surface area contributed by atoms with Gasteiger partial charge in [0.25, 0.3) is 0 Å². The van der Waals surface area contributed by atoms with Crippen LogP contribution in [-0.2, 0) is 9.59 Å². The molecule has 0 bridgehead atoms. The van der Waals surface area contributed by atoms with Crippen molar-refractivity contribution in [2.75, 3.05) is 11.9 Å². The maximum Gasteiger partial charge on any atom is 0.313 e. The number of carbonyl (C=O) groups is 2. The third-order valence-electron chi connectivity index (χ3n) is 1.84. The minimum atomic E-state index is -0.630. The van der Waals surface area contributed by atoms with Crippen LogP contribution in [0.5, 0.6) is 0 Å². The molecular weight excluding hydrogens is 319 g/mol. The second-order valence-corrected chi connectivity index (χ2v) is 4.46. The van der Waals surface area contributed by atoms with Crippen molar-refractivity contribution in [3.63, 3.8) is 0 Å². The van der Waals surface area contributed by atoms with Gasteiger partial charge in [0.05, 0.1) is 0 Å². The van der Waals surface area contributed by atoms with E-state index in [4.69, 9.17) is 0 Å². The van der Waals surface area contributed by atoms with Crippen LogP contribution < -0.4 is 10.6 Å². The second kappa shape index (κ2) is 6.47. The second-order valence-electron chi connectivity index (χ2n) is 3.22. The van der Waals surface area contributed by atoms with Crippen molar-refractivity contribution < 1.29 is 9.59 Å². The first-order valence-electron chi connectivity index (χ1n) is 4.98. The molecule has 0 spiro atoms. The Balaban J connectivity index is 2.51. The molecule has 1 rings (SSSR count). The summed E-state index contributed by atoms with van der Waals surface area (Å²) in [6.45, 7) is 2.44. The van der Waals surface area contributed by atoms with Crippen molar-refractivity contribution in [2.45, 2.75) is 13.3 Å². The van der Waals surface area contributed by atoms with Gasteiger partial charge in [0.15, 0.2) is 0 Å². The highest BCUT2D eigenvalue weighted by molar-refractivity contribution is 14.1. The van der Waals surface area contributed by atoms with E-state index in [9.17, 15) is 9.59 Å². The molecule has 0 saturated heterocycles. The van der Waals surface area contributed by atoms with Crippen molar-refractivity contribution in [1.82, 2.24) is 5.32 Å². The van der Waals surface area contributed by atoms with E-state index >= 15 is 0 Å². The fourth-order valence-corrected chi connectivity index (χ4v) is 1.40. The zero-order chi connectivity index (χ0) is 12.0. The van der Waals surface area contributed by atoms with Crippen LogP contribution in [0.1, 0.15) is 13.3 Å². The molecule has 0 aliphatic rings. The zero-order valence-electron chi connectivity index (χ0n) is 8.92. The summed E-state index contributed by atoms with van der Waals surface area (Å²) in [6.07, 6.45) is 0.808. The Morgan fingerprint density at radius 2 is 1.81 bits per heavy atom. The SMILES string of the molecule is CCCNC(=O)C(=O)Nc1ccc(I)cc1. The van der Waals surface area contributed by atoms with Gasteiger partial charge in [0.1, 0.15) is 0 Å². The van der Waals surface area contributed by atoms with Crippen LogP contribution in [0.15, 0.2) is 24.3 Å². The predicted molar refractivity (Wildman–Crippen MR) is 71.1 cm³/mol. The highest BCUT2D eigenvalue weighted by Gasteiger charge is 2.12. The minimum absolute atomic E-state index is 0.513. The molecule has 0 saturated carbocycles. The number of halogens is 1. The lowest BCUT2D eigenvalue weighted by Gasteiger charge is -2.05. The molecule has 0 atom stereocenters. The Kier molecular flexibility index (Phi) is 5.24. The Bertz CT molecular complexity index is 376. The monoisotopic (exact) mass is 332 g/mol. The fraction of sp³-hybridized carbons (Fsp3) is 0.273. The Morgan fingerprint density at radius 1 is 1.19 bits per heavy atom. The van der Waals surface area contributed by atoms with Crippen molar-refractivity contribution in [3.8, 4) is 0 Å². The molecular formula is C11H13IN2O2. The fourth-order valence-electron chi connectivity index (χ4n) is 1.04. The van der Waals surface area contributed by atoms with Gasteiger partial charge < -0.3 is 10.6 Å². The number of anilines is 1. The van der Waals surface area contributed by atoms with Gasteiger partial charge in [-0.3, -0.25) is 9.59 Å². The number of hydrogen-bond acceptors (Lipinski definition) is 2. The van der Waals surface area contributed by atoms with Crippen molar-refractivity contribution in [1.29, 1.82) is 0 Å². The van der Waals surface area contributed by atoms with Crippen LogP contribution >= 0.6 is 22.6 Å². The molecule has 16 heavy (non-hydrogen) atoms. The molecule has 1 aromatic rings. The van der Waals surface area contributed by atoms with E-state index in [1.54, 1.807) is 12.1 Å². The summed E-state index contributed by atoms with van der Waals surface area (Å²) in [5.74, 6) is -1.23. The molecule has 4 nitrogen and oxygen atoms in total. The Hall–Kier alpha value is -1.11. The van der Waals surface area contributed by atoms with Crippen LogP contribution in [0.25, 0.3) is 0 Å². The lowest BCUT2D eigenvalue weighted by atomic mass is 10.3. The van der Waals surface area contributed by atoms with Crippen LogP contribution in [-0.4, -0.2) is 18.4 Å². The standard InChI is InChI=1S/C11H13IN2O2/c1-2-7-13-10(15)11(16)14-9-5-3-8(12)4-6-9/h3-6H,2,7H2,1H3,(H,13,15)(H,14,16). The maximum atomic E-state index is 11.4. The first kappa shape index (κ1) is 13.0. The van der Waals surface area contributed by atoms with E-state index in [0.717, 1.165) is 9.99 Å². The number of nitrogens with one attached hydrogen (secondary N) is 2. The predicted octanol–water partition coefficient (Wildman–Crippen LogP) is 1.76. The summed E-state index contributed by atoms with van der Waals surface area (Å²) in [4.78, 5) is 22.6. The van der Waals surface area contributed by atoms with E-state index in [0.29, 0.717) is 12.2 Å². The van der Waals surface area contributed by atoms with Crippen LogP contribution in [0.3, 0.4) is 0 Å². The normalized spacial score (nSPS) is 9.62. The molecule has 2 N–H and O–H groups in total. The largest absolute Gasteiger partial charge is 0.348 e. The lowest BCUT2D eigenvalue weighted by molar-refractivity contribution is -0.136. The summed E-state index contributed by atoms with van der Waals surface area (Å²) < 4.78 is 1.08. The molecule has 0 aliphatic carbocycles. The van der Waals surface area contributed by atoms with E-state index < -0.39 is 11.8 Å². The van der Waals surface area contributed by atoms with Gasteiger partial charge in [-0.05, 0) is 53.3 Å². The average Bonchev–Trinajstić information content (AvgIpc) is 2.29. The van der Waals surface area contributed by atoms with Gasteiger partial charge in [0.2, 0.25) is 0 Å². The molecule has 0 heterocycles. The van der Waals surface area contributed by atoms with E-state index in [1.807, 2.05) is 19.1 Å². The average molecular weight is 332 g/mol.